The fraction of sp³-hybridized carbons (Fsp3) is 0.100. The van der Waals surface area contributed by atoms with Gasteiger partial charge >= 0.3 is 0 Å². The van der Waals surface area contributed by atoms with Crippen LogP contribution >= 0.6 is 46.4 Å². The summed E-state index contributed by atoms with van der Waals surface area (Å²) in [5.74, 6) is 0.302. The van der Waals surface area contributed by atoms with Gasteiger partial charge in [-0.25, -0.2) is 0 Å². The number of hydrogen-bond donors (Lipinski definition) is 2. The van der Waals surface area contributed by atoms with E-state index in [1.165, 1.54) is 0 Å². The SMILES string of the molecule is Oc1c(Cl)cc(NCc2cc(Cl)c(OCc3ccccc3)c(Cl)c2)cc1Cl. The Morgan fingerprint density at radius 2 is 1.37 bits per heavy atom. The largest absolute Gasteiger partial charge is 0.505 e. The zero-order valence-electron chi connectivity index (χ0n) is 14.0. The van der Waals surface area contributed by atoms with E-state index in [1.807, 2.05) is 30.3 Å². The first-order valence-corrected chi connectivity index (χ1v) is 9.51. The Morgan fingerprint density at radius 3 is 1.96 bits per heavy atom. The Balaban J connectivity index is 1.69. The molecule has 0 heterocycles. The molecular weight excluding hydrogens is 428 g/mol. The zero-order chi connectivity index (χ0) is 19.4. The van der Waals surface area contributed by atoms with Crippen LogP contribution in [0.2, 0.25) is 20.1 Å². The van der Waals surface area contributed by atoms with Gasteiger partial charge < -0.3 is 15.2 Å². The van der Waals surface area contributed by atoms with Gasteiger partial charge in [-0.05, 0) is 35.4 Å². The molecule has 3 nitrogen and oxygen atoms in total. The Hall–Kier alpha value is -1.78. The van der Waals surface area contributed by atoms with Crippen LogP contribution in [0.25, 0.3) is 0 Å². The second-order valence-corrected chi connectivity index (χ2v) is 7.43. The van der Waals surface area contributed by atoms with E-state index >= 15 is 0 Å². The van der Waals surface area contributed by atoms with E-state index in [0.29, 0.717) is 34.6 Å². The maximum atomic E-state index is 9.61. The lowest BCUT2D eigenvalue weighted by molar-refractivity contribution is 0.306. The molecule has 0 atom stereocenters. The molecule has 0 aliphatic rings. The number of hydrogen-bond acceptors (Lipinski definition) is 3. The van der Waals surface area contributed by atoms with E-state index in [1.54, 1.807) is 24.3 Å². The third-order valence-electron chi connectivity index (χ3n) is 3.80. The number of phenols is 1. The summed E-state index contributed by atoms with van der Waals surface area (Å²) in [6.07, 6.45) is 0. The average Bonchev–Trinajstić information content (AvgIpc) is 2.64. The first-order valence-electron chi connectivity index (χ1n) is 8.00. The summed E-state index contributed by atoms with van der Waals surface area (Å²) >= 11 is 24.5. The van der Waals surface area contributed by atoms with E-state index in [2.05, 4.69) is 5.32 Å². The fourth-order valence-electron chi connectivity index (χ4n) is 2.45. The highest BCUT2D eigenvalue weighted by Crippen LogP contribution is 2.36. The summed E-state index contributed by atoms with van der Waals surface area (Å²) in [5.41, 5.74) is 2.55. The van der Waals surface area contributed by atoms with Crippen LogP contribution in [-0.2, 0) is 13.2 Å². The van der Waals surface area contributed by atoms with Crippen LogP contribution in [0.1, 0.15) is 11.1 Å². The zero-order valence-corrected chi connectivity index (χ0v) is 17.0. The fourth-order valence-corrected chi connectivity index (χ4v) is 3.58. The van der Waals surface area contributed by atoms with Gasteiger partial charge in [-0.1, -0.05) is 76.7 Å². The summed E-state index contributed by atoms with van der Waals surface area (Å²) in [6, 6.07) is 16.5. The summed E-state index contributed by atoms with van der Waals surface area (Å²) in [7, 11) is 0. The molecule has 3 aromatic rings. The second-order valence-electron chi connectivity index (χ2n) is 5.80. The molecule has 140 valence electrons. The van der Waals surface area contributed by atoms with Gasteiger partial charge in [-0.15, -0.1) is 0 Å². The smallest absolute Gasteiger partial charge is 0.156 e. The molecule has 0 aliphatic carbocycles. The standard InChI is InChI=1S/C20H15Cl4NO2/c21-15-8-14(9-16(22)19(15)26)25-10-13-6-17(23)20(18(24)7-13)27-11-12-4-2-1-3-5-12/h1-9,25-26H,10-11H2. The van der Waals surface area contributed by atoms with Gasteiger partial charge in [-0.2, -0.15) is 0 Å². The first-order chi connectivity index (χ1) is 12.9. The lowest BCUT2D eigenvalue weighted by Gasteiger charge is -2.13. The van der Waals surface area contributed by atoms with Crippen molar-refractivity contribution in [2.45, 2.75) is 13.2 Å². The molecule has 0 saturated heterocycles. The lowest BCUT2D eigenvalue weighted by Crippen LogP contribution is -2.01. The number of nitrogens with one attached hydrogen (secondary N) is 1. The van der Waals surface area contributed by atoms with Crippen molar-refractivity contribution in [3.63, 3.8) is 0 Å². The number of benzene rings is 3. The molecule has 0 bridgehead atoms. The van der Waals surface area contributed by atoms with Crippen molar-refractivity contribution in [3.05, 3.63) is 85.8 Å². The van der Waals surface area contributed by atoms with E-state index in [0.717, 1.165) is 11.1 Å². The quantitative estimate of drug-likeness (QED) is 0.396. The van der Waals surface area contributed by atoms with Crippen LogP contribution in [-0.4, -0.2) is 5.11 Å². The van der Waals surface area contributed by atoms with Crippen molar-refractivity contribution in [1.29, 1.82) is 0 Å². The van der Waals surface area contributed by atoms with Gasteiger partial charge in [0.1, 0.15) is 6.61 Å². The number of ether oxygens (including phenoxy) is 1. The van der Waals surface area contributed by atoms with Gasteiger partial charge in [0.05, 0.1) is 20.1 Å². The molecule has 3 rings (SSSR count). The van der Waals surface area contributed by atoms with E-state index in [4.69, 9.17) is 51.1 Å². The van der Waals surface area contributed by atoms with Gasteiger partial charge in [-0.3, -0.25) is 0 Å². The average molecular weight is 443 g/mol. The minimum atomic E-state index is -0.144. The van der Waals surface area contributed by atoms with Crippen molar-refractivity contribution in [3.8, 4) is 11.5 Å². The first kappa shape index (κ1) is 20.0. The molecule has 0 fully saturated rings. The lowest BCUT2D eigenvalue weighted by atomic mass is 10.2. The molecule has 0 aromatic heterocycles. The van der Waals surface area contributed by atoms with Crippen LogP contribution in [0.4, 0.5) is 5.69 Å². The molecular formula is C20H15Cl4NO2. The molecule has 0 spiro atoms. The summed E-state index contributed by atoms with van der Waals surface area (Å²) in [4.78, 5) is 0. The number of rotatable bonds is 6. The summed E-state index contributed by atoms with van der Waals surface area (Å²) < 4.78 is 5.77. The molecule has 3 aromatic carbocycles. The minimum absolute atomic E-state index is 0.144. The Bertz CT molecular complexity index is 902. The van der Waals surface area contributed by atoms with E-state index in [-0.39, 0.29) is 15.8 Å². The predicted octanol–water partition coefficient (Wildman–Crippen LogP) is 7.20. The van der Waals surface area contributed by atoms with Crippen LogP contribution in [0.15, 0.2) is 54.6 Å². The van der Waals surface area contributed by atoms with E-state index < -0.39 is 0 Å². The molecule has 0 aliphatic heterocycles. The highest BCUT2D eigenvalue weighted by atomic mass is 35.5. The maximum Gasteiger partial charge on any atom is 0.156 e. The van der Waals surface area contributed by atoms with Crippen molar-refractivity contribution in [2.24, 2.45) is 0 Å². The maximum absolute atomic E-state index is 9.61. The normalized spacial score (nSPS) is 10.7. The van der Waals surface area contributed by atoms with Crippen LogP contribution < -0.4 is 10.1 Å². The summed E-state index contributed by atoms with van der Waals surface area (Å²) in [6.45, 7) is 0.818. The monoisotopic (exact) mass is 441 g/mol. The minimum Gasteiger partial charge on any atom is -0.505 e. The molecule has 7 heteroatoms. The van der Waals surface area contributed by atoms with Crippen molar-refractivity contribution >= 4 is 52.1 Å². The summed E-state index contributed by atoms with van der Waals surface area (Å²) in [5, 5.41) is 14.0. The number of anilines is 1. The third kappa shape index (κ3) is 5.14. The topological polar surface area (TPSA) is 41.5 Å². The molecule has 2 N–H and O–H groups in total. The van der Waals surface area contributed by atoms with Crippen LogP contribution in [0.5, 0.6) is 11.5 Å². The molecule has 0 saturated carbocycles. The molecule has 0 radical (unpaired) electrons. The number of aromatic hydroxyl groups is 1. The van der Waals surface area contributed by atoms with Crippen molar-refractivity contribution in [1.82, 2.24) is 0 Å². The van der Waals surface area contributed by atoms with Gasteiger partial charge in [0, 0.05) is 12.2 Å². The van der Waals surface area contributed by atoms with Crippen molar-refractivity contribution < 1.29 is 9.84 Å². The van der Waals surface area contributed by atoms with Crippen molar-refractivity contribution in [2.75, 3.05) is 5.32 Å². The second kappa shape index (κ2) is 8.94. The van der Waals surface area contributed by atoms with Crippen LogP contribution in [0, 0.1) is 0 Å². The molecule has 0 unspecified atom stereocenters. The molecule has 27 heavy (non-hydrogen) atoms. The Labute approximate surface area is 177 Å². The number of phenolic OH excluding ortho intramolecular Hbond substituents is 1. The predicted molar refractivity (Wildman–Crippen MR) is 113 cm³/mol. The number of halogens is 4. The van der Waals surface area contributed by atoms with Gasteiger partial charge in [0.2, 0.25) is 0 Å². The van der Waals surface area contributed by atoms with Crippen LogP contribution in [0.3, 0.4) is 0 Å². The Morgan fingerprint density at radius 1 is 0.778 bits per heavy atom. The third-order valence-corrected chi connectivity index (χ3v) is 4.94. The molecule has 0 amide bonds. The van der Waals surface area contributed by atoms with Gasteiger partial charge in [0.25, 0.3) is 0 Å². The highest BCUT2D eigenvalue weighted by Gasteiger charge is 2.11. The Kier molecular flexibility index (Phi) is 6.61. The highest BCUT2D eigenvalue weighted by molar-refractivity contribution is 6.38. The van der Waals surface area contributed by atoms with Gasteiger partial charge in [0.15, 0.2) is 11.5 Å². The van der Waals surface area contributed by atoms with E-state index in [9.17, 15) is 5.11 Å².